The molecule has 0 aromatic heterocycles. The van der Waals surface area contributed by atoms with Gasteiger partial charge in [0.25, 0.3) is 0 Å². The maximum absolute atomic E-state index is 13.0. The molecule has 2 aromatic rings. The highest BCUT2D eigenvalue weighted by Crippen LogP contribution is 2.30. The average molecular weight is 469 g/mol. The molecule has 3 rings (SSSR count). The Morgan fingerprint density at radius 2 is 1.76 bits per heavy atom. The zero-order chi connectivity index (χ0) is 24.5. The highest BCUT2D eigenvalue weighted by Gasteiger charge is 2.28. The highest BCUT2D eigenvalue weighted by molar-refractivity contribution is 5.92. The number of ether oxygens (including phenoxy) is 2. The molecule has 8 nitrogen and oxygen atoms in total. The molecule has 1 fully saturated rings. The number of benzene rings is 2. The summed E-state index contributed by atoms with van der Waals surface area (Å²) in [6.07, 6.45) is 3.31. The molecule has 0 spiro atoms. The molecule has 1 atom stereocenters. The van der Waals surface area contributed by atoms with Gasteiger partial charge < -0.3 is 24.8 Å². The van der Waals surface area contributed by atoms with Crippen LogP contribution in [0.5, 0.6) is 5.75 Å². The van der Waals surface area contributed by atoms with E-state index in [1.165, 1.54) is 12.5 Å². The minimum absolute atomic E-state index is 0.0332. The third kappa shape index (κ3) is 6.27. The van der Waals surface area contributed by atoms with Crippen molar-refractivity contribution in [3.8, 4) is 5.75 Å². The molecule has 1 amide bonds. The number of nitrogens with zero attached hydrogens (tertiary/aromatic N) is 1. The Morgan fingerprint density at radius 3 is 2.44 bits per heavy atom. The fraction of sp³-hybridized carbons (Fsp3) is 0.423. The molecule has 0 saturated carbocycles. The Morgan fingerprint density at radius 1 is 1.03 bits per heavy atom. The number of carbonyl (C=O) groups excluding carboxylic acids is 2. The van der Waals surface area contributed by atoms with Crippen LogP contribution in [0.25, 0.3) is 0 Å². The van der Waals surface area contributed by atoms with Crippen LogP contribution in [0.4, 0.5) is 5.69 Å². The van der Waals surface area contributed by atoms with Crippen molar-refractivity contribution in [3.63, 3.8) is 0 Å². The van der Waals surface area contributed by atoms with E-state index in [9.17, 15) is 19.5 Å². The van der Waals surface area contributed by atoms with Gasteiger partial charge in [-0.15, -0.1) is 0 Å². The number of anilines is 1. The zero-order valence-electron chi connectivity index (χ0n) is 19.7. The quantitative estimate of drug-likeness (QED) is 0.512. The van der Waals surface area contributed by atoms with Crippen molar-refractivity contribution in [3.05, 3.63) is 59.2 Å². The molecule has 0 aliphatic carbocycles. The molecule has 0 bridgehead atoms. The average Bonchev–Trinajstić information content (AvgIpc) is 2.83. The van der Waals surface area contributed by atoms with Crippen LogP contribution >= 0.6 is 0 Å². The molecule has 1 heterocycles. The number of carbonyl (C=O) groups is 3. The number of amides is 1. The van der Waals surface area contributed by atoms with E-state index in [1.807, 2.05) is 24.3 Å². The second-order valence-corrected chi connectivity index (χ2v) is 8.10. The summed E-state index contributed by atoms with van der Waals surface area (Å²) in [5.41, 5.74) is 2.24. The largest absolute Gasteiger partial charge is 0.493 e. The summed E-state index contributed by atoms with van der Waals surface area (Å²) in [4.78, 5) is 39.5. The predicted octanol–water partition coefficient (Wildman–Crippen LogP) is 3.74. The summed E-state index contributed by atoms with van der Waals surface area (Å²) in [5.74, 6) is -1.79. The molecule has 2 N–H and O–H groups in total. The number of nitrogens with one attached hydrogen (secondary N) is 1. The number of hydrogen-bond donors (Lipinski definition) is 2. The van der Waals surface area contributed by atoms with Gasteiger partial charge in [0.1, 0.15) is 11.3 Å². The fourth-order valence-electron chi connectivity index (χ4n) is 4.17. The lowest BCUT2D eigenvalue weighted by atomic mass is 10.0. The van der Waals surface area contributed by atoms with Gasteiger partial charge in [0.2, 0.25) is 5.91 Å². The third-order valence-corrected chi connectivity index (χ3v) is 5.71. The van der Waals surface area contributed by atoms with Crippen LogP contribution in [-0.2, 0) is 20.7 Å². The number of para-hydroxylation sites is 1. The van der Waals surface area contributed by atoms with Crippen LogP contribution in [0.2, 0.25) is 0 Å². The van der Waals surface area contributed by atoms with Gasteiger partial charge in [-0.2, -0.15) is 0 Å². The zero-order valence-corrected chi connectivity index (χ0v) is 19.7. The van der Waals surface area contributed by atoms with Crippen molar-refractivity contribution in [2.45, 2.75) is 45.6 Å². The monoisotopic (exact) mass is 468 g/mol. The minimum Gasteiger partial charge on any atom is -0.493 e. The van der Waals surface area contributed by atoms with Crippen molar-refractivity contribution < 1.29 is 29.0 Å². The first-order valence-electron chi connectivity index (χ1n) is 11.7. The van der Waals surface area contributed by atoms with Gasteiger partial charge in [0.05, 0.1) is 19.6 Å². The summed E-state index contributed by atoms with van der Waals surface area (Å²) in [5, 5.41) is 12.2. The molecule has 1 unspecified atom stereocenters. The maximum atomic E-state index is 13.0. The summed E-state index contributed by atoms with van der Waals surface area (Å²) < 4.78 is 10.7. The molecule has 1 saturated heterocycles. The van der Waals surface area contributed by atoms with E-state index in [0.29, 0.717) is 17.7 Å². The summed E-state index contributed by atoms with van der Waals surface area (Å²) in [6, 6.07) is 11.2. The number of aromatic carboxylic acids is 1. The lowest BCUT2D eigenvalue weighted by molar-refractivity contribution is -0.147. The fourth-order valence-corrected chi connectivity index (χ4v) is 4.17. The van der Waals surface area contributed by atoms with Gasteiger partial charge in [-0.05, 0) is 56.9 Å². The van der Waals surface area contributed by atoms with Crippen LogP contribution in [0.1, 0.15) is 60.6 Å². The number of rotatable bonds is 10. The lowest BCUT2D eigenvalue weighted by Crippen LogP contribution is -2.38. The summed E-state index contributed by atoms with van der Waals surface area (Å²) in [7, 11) is 0. The Labute approximate surface area is 199 Å². The van der Waals surface area contributed by atoms with Gasteiger partial charge in [0, 0.05) is 24.3 Å². The van der Waals surface area contributed by atoms with Crippen LogP contribution in [0.3, 0.4) is 0 Å². The van der Waals surface area contributed by atoms with Crippen LogP contribution < -0.4 is 15.0 Å². The van der Waals surface area contributed by atoms with E-state index in [-0.39, 0.29) is 30.2 Å². The maximum Gasteiger partial charge on any atom is 0.339 e. The first kappa shape index (κ1) is 25.1. The predicted molar refractivity (Wildman–Crippen MR) is 128 cm³/mol. The molecule has 34 heavy (non-hydrogen) atoms. The van der Waals surface area contributed by atoms with Crippen LogP contribution in [0.15, 0.2) is 42.5 Å². The van der Waals surface area contributed by atoms with Crippen molar-refractivity contribution in [1.82, 2.24) is 5.32 Å². The van der Waals surface area contributed by atoms with Crippen molar-refractivity contribution in [2.75, 3.05) is 31.2 Å². The third-order valence-electron chi connectivity index (χ3n) is 5.71. The standard InChI is InChI=1S/C26H32N2O6/c1-3-33-22-16-18(12-13-20(22)25(30)31)17-23(29)27-24(26(32)34-4-2)19-10-6-7-11-21(19)28-14-8-5-9-15-28/h6-7,10-13,16,24H,3-5,8-9,14-15,17H2,1-2H3,(H,27,29)(H,30,31). The topological polar surface area (TPSA) is 105 Å². The molecule has 1 aliphatic rings. The van der Waals surface area contributed by atoms with Crippen LogP contribution in [0, 0.1) is 0 Å². The van der Waals surface area contributed by atoms with Gasteiger partial charge in [-0.3, -0.25) is 4.79 Å². The van der Waals surface area contributed by atoms with Crippen molar-refractivity contribution in [1.29, 1.82) is 0 Å². The number of piperidine rings is 1. The second-order valence-electron chi connectivity index (χ2n) is 8.10. The summed E-state index contributed by atoms with van der Waals surface area (Å²) in [6.45, 7) is 5.79. The van der Waals surface area contributed by atoms with E-state index >= 15 is 0 Å². The van der Waals surface area contributed by atoms with Crippen molar-refractivity contribution >= 4 is 23.5 Å². The SMILES string of the molecule is CCOC(=O)C(NC(=O)Cc1ccc(C(=O)O)c(OCC)c1)c1ccccc1N1CCCCC1. The Bertz CT molecular complexity index is 1020. The first-order valence-corrected chi connectivity index (χ1v) is 11.7. The molecular formula is C26H32N2O6. The number of carboxylic acid groups (broad SMARTS) is 1. The number of hydrogen-bond acceptors (Lipinski definition) is 6. The second kappa shape index (κ2) is 12.1. The Balaban J connectivity index is 1.84. The van der Waals surface area contributed by atoms with Gasteiger partial charge >= 0.3 is 11.9 Å². The van der Waals surface area contributed by atoms with Gasteiger partial charge in [-0.25, -0.2) is 9.59 Å². The molecule has 8 heteroatoms. The molecule has 0 radical (unpaired) electrons. The number of carboxylic acids is 1. The Hall–Kier alpha value is -3.55. The minimum atomic E-state index is -1.10. The number of esters is 1. The lowest BCUT2D eigenvalue weighted by Gasteiger charge is -2.32. The van der Waals surface area contributed by atoms with E-state index in [2.05, 4.69) is 10.2 Å². The smallest absolute Gasteiger partial charge is 0.339 e. The van der Waals surface area contributed by atoms with Gasteiger partial charge in [0.15, 0.2) is 6.04 Å². The molecule has 182 valence electrons. The van der Waals surface area contributed by atoms with E-state index in [0.717, 1.165) is 31.6 Å². The van der Waals surface area contributed by atoms with E-state index < -0.39 is 18.0 Å². The van der Waals surface area contributed by atoms with E-state index in [1.54, 1.807) is 26.0 Å². The van der Waals surface area contributed by atoms with E-state index in [4.69, 9.17) is 9.47 Å². The Kier molecular flexibility index (Phi) is 8.90. The summed E-state index contributed by atoms with van der Waals surface area (Å²) >= 11 is 0. The van der Waals surface area contributed by atoms with Gasteiger partial charge in [-0.1, -0.05) is 24.3 Å². The normalized spacial score (nSPS) is 14.2. The highest BCUT2D eigenvalue weighted by atomic mass is 16.5. The van der Waals surface area contributed by atoms with Crippen LogP contribution in [-0.4, -0.2) is 49.3 Å². The first-order chi connectivity index (χ1) is 16.4. The molecular weight excluding hydrogens is 436 g/mol. The molecule has 1 aliphatic heterocycles. The van der Waals surface area contributed by atoms with Crippen molar-refractivity contribution in [2.24, 2.45) is 0 Å². The molecule has 2 aromatic carbocycles.